The van der Waals surface area contributed by atoms with Gasteiger partial charge < -0.3 is 10.6 Å². The number of nitrogens with zero attached hydrogens (tertiary/aromatic N) is 3. The number of hydrogen-bond acceptors (Lipinski definition) is 4. The van der Waals surface area contributed by atoms with E-state index in [2.05, 4.69) is 21.8 Å². The Bertz CT molecular complexity index is 351. The van der Waals surface area contributed by atoms with E-state index in [-0.39, 0.29) is 6.04 Å². The van der Waals surface area contributed by atoms with Crippen LogP contribution in [0.2, 0.25) is 0 Å². The molecule has 0 spiro atoms. The fourth-order valence-corrected chi connectivity index (χ4v) is 2.26. The zero-order valence-corrected chi connectivity index (χ0v) is 10.1. The summed E-state index contributed by atoms with van der Waals surface area (Å²) in [5.74, 6) is 1.63. The molecule has 1 aromatic heterocycles. The molecule has 0 aromatic carbocycles. The van der Waals surface area contributed by atoms with E-state index in [0.29, 0.717) is 5.92 Å². The number of hydrogen-bond donors (Lipinski definition) is 1. The number of aromatic nitrogens is 2. The average molecular weight is 220 g/mol. The lowest BCUT2D eigenvalue weighted by Crippen LogP contribution is -2.42. The molecule has 2 unspecified atom stereocenters. The van der Waals surface area contributed by atoms with E-state index in [1.807, 2.05) is 13.0 Å². The summed E-state index contributed by atoms with van der Waals surface area (Å²) in [5, 5.41) is 0. The molecule has 0 aliphatic carbocycles. The number of anilines is 1. The van der Waals surface area contributed by atoms with Crippen LogP contribution in [0.25, 0.3) is 0 Å². The first-order valence-corrected chi connectivity index (χ1v) is 5.96. The van der Waals surface area contributed by atoms with Gasteiger partial charge in [-0.3, -0.25) is 0 Å². The van der Waals surface area contributed by atoms with Gasteiger partial charge in [0.25, 0.3) is 0 Å². The minimum Gasteiger partial charge on any atom is -0.356 e. The van der Waals surface area contributed by atoms with Crippen molar-refractivity contribution < 1.29 is 0 Å². The standard InChI is InChI=1S/C12H20N4/c1-9-6-12(15-8-14-9)16-5-3-4-11(7-16)10(2)13/h6,8,10-11H,3-5,7,13H2,1-2H3. The minimum atomic E-state index is 0.269. The molecular formula is C12H20N4. The summed E-state index contributed by atoms with van der Waals surface area (Å²) in [5.41, 5.74) is 7.00. The van der Waals surface area contributed by atoms with Gasteiger partial charge in [0.05, 0.1) is 0 Å². The third-order valence-electron chi connectivity index (χ3n) is 3.31. The van der Waals surface area contributed by atoms with Crippen molar-refractivity contribution in [3.05, 3.63) is 18.1 Å². The van der Waals surface area contributed by atoms with Gasteiger partial charge in [0.2, 0.25) is 0 Å². The number of rotatable bonds is 2. The maximum absolute atomic E-state index is 5.98. The lowest BCUT2D eigenvalue weighted by molar-refractivity contribution is 0.363. The Morgan fingerprint density at radius 2 is 2.31 bits per heavy atom. The van der Waals surface area contributed by atoms with Crippen LogP contribution in [-0.2, 0) is 0 Å². The van der Waals surface area contributed by atoms with E-state index in [1.54, 1.807) is 6.33 Å². The van der Waals surface area contributed by atoms with Crippen molar-refractivity contribution in [3.8, 4) is 0 Å². The molecule has 2 heterocycles. The molecule has 88 valence electrons. The summed E-state index contributed by atoms with van der Waals surface area (Å²) < 4.78 is 0. The quantitative estimate of drug-likeness (QED) is 0.817. The third-order valence-corrected chi connectivity index (χ3v) is 3.31. The maximum atomic E-state index is 5.98. The lowest BCUT2D eigenvalue weighted by atomic mass is 9.92. The fraction of sp³-hybridized carbons (Fsp3) is 0.667. The number of nitrogens with two attached hydrogens (primary N) is 1. The highest BCUT2D eigenvalue weighted by atomic mass is 15.2. The summed E-state index contributed by atoms with van der Waals surface area (Å²) in [6.45, 7) is 6.20. The topological polar surface area (TPSA) is 55.0 Å². The van der Waals surface area contributed by atoms with Crippen molar-refractivity contribution in [3.63, 3.8) is 0 Å². The van der Waals surface area contributed by atoms with E-state index in [0.717, 1.165) is 24.6 Å². The van der Waals surface area contributed by atoms with Crippen molar-refractivity contribution in [2.75, 3.05) is 18.0 Å². The fourth-order valence-electron chi connectivity index (χ4n) is 2.26. The normalized spacial score (nSPS) is 23.2. The molecule has 0 saturated carbocycles. The Balaban J connectivity index is 2.09. The van der Waals surface area contributed by atoms with E-state index < -0.39 is 0 Å². The molecule has 1 aliphatic heterocycles. The maximum Gasteiger partial charge on any atom is 0.132 e. The van der Waals surface area contributed by atoms with Crippen molar-refractivity contribution >= 4 is 5.82 Å². The van der Waals surface area contributed by atoms with Crippen LogP contribution in [0.5, 0.6) is 0 Å². The molecule has 0 amide bonds. The minimum absolute atomic E-state index is 0.269. The van der Waals surface area contributed by atoms with Crippen LogP contribution in [0, 0.1) is 12.8 Å². The van der Waals surface area contributed by atoms with E-state index in [9.17, 15) is 0 Å². The van der Waals surface area contributed by atoms with Crippen LogP contribution < -0.4 is 10.6 Å². The van der Waals surface area contributed by atoms with Gasteiger partial charge >= 0.3 is 0 Å². The van der Waals surface area contributed by atoms with Crippen LogP contribution in [-0.4, -0.2) is 29.1 Å². The summed E-state index contributed by atoms with van der Waals surface area (Å²) in [7, 11) is 0. The van der Waals surface area contributed by atoms with E-state index >= 15 is 0 Å². The van der Waals surface area contributed by atoms with E-state index in [4.69, 9.17) is 5.73 Å². The molecule has 2 atom stereocenters. The lowest BCUT2D eigenvalue weighted by Gasteiger charge is -2.35. The van der Waals surface area contributed by atoms with Crippen LogP contribution in [0.4, 0.5) is 5.82 Å². The molecule has 2 N–H and O–H groups in total. The molecule has 16 heavy (non-hydrogen) atoms. The highest BCUT2D eigenvalue weighted by molar-refractivity contribution is 5.39. The Kier molecular flexibility index (Phi) is 3.39. The molecule has 1 saturated heterocycles. The van der Waals surface area contributed by atoms with Gasteiger partial charge in [-0.05, 0) is 32.6 Å². The average Bonchev–Trinajstić information content (AvgIpc) is 2.29. The SMILES string of the molecule is Cc1cc(N2CCCC(C(C)N)C2)ncn1. The Labute approximate surface area is 96.9 Å². The van der Waals surface area contributed by atoms with Crippen molar-refractivity contribution in [2.24, 2.45) is 11.7 Å². The molecule has 1 aliphatic rings. The molecule has 1 fully saturated rings. The van der Waals surface area contributed by atoms with E-state index in [1.165, 1.54) is 12.8 Å². The van der Waals surface area contributed by atoms with Crippen molar-refractivity contribution in [2.45, 2.75) is 32.7 Å². The molecule has 4 heteroatoms. The highest BCUT2D eigenvalue weighted by Gasteiger charge is 2.23. The Morgan fingerprint density at radius 1 is 1.50 bits per heavy atom. The van der Waals surface area contributed by atoms with Crippen LogP contribution in [0.1, 0.15) is 25.5 Å². The van der Waals surface area contributed by atoms with Gasteiger partial charge in [0.15, 0.2) is 0 Å². The van der Waals surface area contributed by atoms with Gasteiger partial charge in [-0.1, -0.05) is 0 Å². The summed E-state index contributed by atoms with van der Waals surface area (Å²) in [4.78, 5) is 10.8. The predicted octanol–water partition coefficient (Wildman–Crippen LogP) is 1.35. The van der Waals surface area contributed by atoms with Crippen LogP contribution in [0.15, 0.2) is 12.4 Å². The molecule has 2 rings (SSSR count). The van der Waals surface area contributed by atoms with Gasteiger partial charge in [0.1, 0.15) is 12.1 Å². The Morgan fingerprint density at radius 3 is 3.00 bits per heavy atom. The first-order chi connectivity index (χ1) is 7.66. The molecule has 4 nitrogen and oxygen atoms in total. The van der Waals surface area contributed by atoms with Gasteiger partial charge in [-0.25, -0.2) is 9.97 Å². The van der Waals surface area contributed by atoms with Crippen molar-refractivity contribution in [1.29, 1.82) is 0 Å². The number of aryl methyl sites for hydroxylation is 1. The van der Waals surface area contributed by atoms with Gasteiger partial charge in [-0.2, -0.15) is 0 Å². The van der Waals surface area contributed by atoms with Gasteiger partial charge in [0, 0.05) is 30.9 Å². The van der Waals surface area contributed by atoms with Crippen molar-refractivity contribution in [1.82, 2.24) is 9.97 Å². The summed E-state index contributed by atoms with van der Waals surface area (Å²) in [6.07, 6.45) is 4.08. The third kappa shape index (κ3) is 2.50. The summed E-state index contributed by atoms with van der Waals surface area (Å²) >= 11 is 0. The van der Waals surface area contributed by atoms with Crippen LogP contribution >= 0.6 is 0 Å². The van der Waals surface area contributed by atoms with Crippen LogP contribution in [0.3, 0.4) is 0 Å². The monoisotopic (exact) mass is 220 g/mol. The predicted molar refractivity (Wildman–Crippen MR) is 65.4 cm³/mol. The zero-order chi connectivity index (χ0) is 11.5. The highest BCUT2D eigenvalue weighted by Crippen LogP contribution is 2.22. The molecule has 1 aromatic rings. The molecule has 0 bridgehead atoms. The zero-order valence-electron chi connectivity index (χ0n) is 10.1. The molecule has 0 radical (unpaired) electrons. The Hall–Kier alpha value is -1.16. The first-order valence-electron chi connectivity index (χ1n) is 5.96. The number of piperidine rings is 1. The molecular weight excluding hydrogens is 200 g/mol. The van der Waals surface area contributed by atoms with Gasteiger partial charge in [-0.15, -0.1) is 0 Å². The second kappa shape index (κ2) is 4.78. The second-order valence-corrected chi connectivity index (χ2v) is 4.73. The largest absolute Gasteiger partial charge is 0.356 e. The first kappa shape index (κ1) is 11.3. The second-order valence-electron chi connectivity index (χ2n) is 4.73. The smallest absolute Gasteiger partial charge is 0.132 e. The summed E-state index contributed by atoms with van der Waals surface area (Å²) in [6, 6.07) is 2.31.